The lowest BCUT2D eigenvalue weighted by atomic mass is 9.83. The van der Waals surface area contributed by atoms with Crippen LogP contribution in [0.4, 0.5) is 0 Å². The van der Waals surface area contributed by atoms with Crippen molar-refractivity contribution in [2.75, 3.05) is 0 Å². The van der Waals surface area contributed by atoms with Gasteiger partial charge in [-0.05, 0) is 42.7 Å². The lowest BCUT2D eigenvalue weighted by Crippen LogP contribution is -2.51. The Hall–Kier alpha value is -1.64. The van der Waals surface area contributed by atoms with Crippen LogP contribution < -0.4 is 0 Å². The zero-order valence-corrected chi connectivity index (χ0v) is 13.5. The van der Waals surface area contributed by atoms with Gasteiger partial charge in [-0.1, -0.05) is 60.7 Å². The van der Waals surface area contributed by atoms with Crippen molar-refractivity contribution >= 4 is 0 Å². The van der Waals surface area contributed by atoms with Crippen LogP contribution in [0.25, 0.3) is 0 Å². The second-order valence-corrected chi connectivity index (χ2v) is 7.13. The van der Waals surface area contributed by atoms with E-state index in [1.807, 2.05) is 0 Å². The van der Waals surface area contributed by atoms with Crippen LogP contribution in [0, 0.1) is 5.92 Å². The maximum absolute atomic E-state index is 10.9. The van der Waals surface area contributed by atoms with Crippen molar-refractivity contribution < 1.29 is 5.11 Å². The highest BCUT2D eigenvalue weighted by atomic mass is 16.3. The standard InChI is InChI=1S/C21H25NO/c23-21-18(13-16-7-3-1-4-8-16)14-19-11-12-20(21)22(19)15-17-9-5-2-6-10-17/h1-10,18-21,23H,11-15H2/t18-,19-,20+,21-/m0/s1. The maximum atomic E-state index is 10.9. The Labute approximate surface area is 138 Å². The van der Waals surface area contributed by atoms with Gasteiger partial charge in [0.2, 0.25) is 0 Å². The van der Waals surface area contributed by atoms with Gasteiger partial charge in [-0.3, -0.25) is 4.90 Å². The maximum Gasteiger partial charge on any atom is 0.0727 e. The van der Waals surface area contributed by atoms with Crippen LogP contribution in [0.3, 0.4) is 0 Å². The first-order valence-electron chi connectivity index (χ1n) is 8.83. The highest BCUT2D eigenvalue weighted by molar-refractivity contribution is 5.18. The van der Waals surface area contributed by atoms with Crippen LogP contribution in [0.15, 0.2) is 60.7 Å². The summed E-state index contributed by atoms with van der Waals surface area (Å²) in [4.78, 5) is 2.56. The number of aliphatic hydroxyl groups excluding tert-OH is 1. The van der Waals surface area contributed by atoms with Crippen LogP contribution in [0.1, 0.15) is 30.4 Å². The molecular weight excluding hydrogens is 282 g/mol. The number of hydrogen-bond acceptors (Lipinski definition) is 2. The smallest absolute Gasteiger partial charge is 0.0727 e. The lowest BCUT2D eigenvalue weighted by Gasteiger charge is -2.42. The highest BCUT2D eigenvalue weighted by Gasteiger charge is 2.46. The van der Waals surface area contributed by atoms with Crippen molar-refractivity contribution in [3.05, 3.63) is 71.8 Å². The molecule has 2 heterocycles. The summed E-state index contributed by atoms with van der Waals surface area (Å²) in [7, 11) is 0. The second kappa shape index (κ2) is 6.46. The Morgan fingerprint density at radius 1 is 0.870 bits per heavy atom. The van der Waals surface area contributed by atoms with Crippen molar-refractivity contribution in [2.24, 2.45) is 5.92 Å². The number of aliphatic hydroxyl groups is 1. The number of rotatable bonds is 4. The lowest BCUT2D eigenvalue weighted by molar-refractivity contribution is -0.0320. The molecular formula is C21H25NO. The molecule has 0 radical (unpaired) electrons. The molecule has 23 heavy (non-hydrogen) atoms. The quantitative estimate of drug-likeness (QED) is 0.932. The first-order chi connectivity index (χ1) is 11.3. The van der Waals surface area contributed by atoms with Crippen LogP contribution in [0.2, 0.25) is 0 Å². The summed E-state index contributed by atoms with van der Waals surface area (Å²) < 4.78 is 0. The molecule has 2 heteroatoms. The van der Waals surface area contributed by atoms with Gasteiger partial charge in [-0.25, -0.2) is 0 Å². The number of hydrogen-bond donors (Lipinski definition) is 1. The van der Waals surface area contributed by atoms with Gasteiger partial charge in [0.15, 0.2) is 0 Å². The Bertz CT molecular complexity index is 627. The molecule has 0 aromatic heterocycles. The largest absolute Gasteiger partial charge is 0.391 e. The fourth-order valence-corrected chi connectivity index (χ4v) is 4.55. The number of benzene rings is 2. The van der Waals surface area contributed by atoms with Gasteiger partial charge in [0.05, 0.1) is 6.10 Å². The molecule has 2 nitrogen and oxygen atoms in total. The molecule has 2 aliphatic heterocycles. The normalized spacial score (nSPS) is 30.5. The number of nitrogens with zero attached hydrogens (tertiary/aromatic N) is 1. The van der Waals surface area contributed by atoms with E-state index in [4.69, 9.17) is 0 Å². The van der Waals surface area contributed by atoms with E-state index < -0.39 is 0 Å². The minimum absolute atomic E-state index is 0.197. The van der Waals surface area contributed by atoms with Gasteiger partial charge in [0.25, 0.3) is 0 Å². The van der Waals surface area contributed by atoms with Gasteiger partial charge >= 0.3 is 0 Å². The molecule has 2 bridgehead atoms. The molecule has 0 saturated carbocycles. The van der Waals surface area contributed by atoms with E-state index in [1.54, 1.807) is 0 Å². The molecule has 4 atom stereocenters. The molecule has 0 amide bonds. The molecule has 4 rings (SSSR count). The van der Waals surface area contributed by atoms with Crippen LogP contribution in [-0.2, 0) is 13.0 Å². The summed E-state index contributed by atoms with van der Waals surface area (Å²) in [5.74, 6) is 0.405. The fourth-order valence-electron chi connectivity index (χ4n) is 4.55. The molecule has 0 aliphatic carbocycles. The van der Waals surface area contributed by atoms with Crippen LogP contribution in [-0.4, -0.2) is 28.2 Å². The third-order valence-electron chi connectivity index (χ3n) is 5.69. The predicted octanol–water partition coefficient (Wildman–Crippen LogP) is 3.64. The Morgan fingerprint density at radius 2 is 1.52 bits per heavy atom. The van der Waals surface area contributed by atoms with E-state index in [9.17, 15) is 5.11 Å². The average molecular weight is 307 g/mol. The van der Waals surface area contributed by atoms with Crippen LogP contribution in [0.5, 0.6) is 0 Å². The van der Waals surface area contributed by atoms with Crippen LogP contribution >= 0.6 is 0 Å². The van der Waals surface area contributed by atoms with E-state index in [2.05, 4.69) is 65.6 Å². The van der Waals surface area contributed by atoms with Crippen molar-refractivity contribution in [3.8, 4) is 0 Å². The molecule has 1 N–H and O–H groups in total. The first kappa shape index (κ1) is 14.9. The summed E-state index contributed by atoms with van der Waals surface area (Å²) in [6.07, 6.45) is 4.31. The van der Waals surface area contributed by atoms with Crippen molar-refractivity contribution in [2.45, 2.75) is 50.4 Å². The summed E-state index contributed by atoms with van der Waals surface area (Å²) >= 11 is 0. The zero-order chi connectivity index (χ0) is 15.6. The number of fused-ring (bicyclic) bond motifs is 2. The SMILES string of the molecule is O[C@H]1[C@@H](Cc2ccccc2)C[C@@H]2CC[C@H]1N2Cc1ccccc1. The van der Waals surface area contributed by atoms with E-state index in [-0.39, 0.29) is 6.10 Å². The molecule has 2 aliphatic rings. The number of piperidine rings is 1. The Kier molecular flexibility index (Phi) is 4.19. The first-order valence-corrected chi connectivity index (χ1v) is 8.83. The van der Waals surface area contributed by atoms with E-state index in [0.29, 0.717) is 18.0 Å². The second-order valence-electron chi connectivity index (χ2n) is 7.13. The van der Waals surface area contributed by atoms with E-state index in [1.165, 1.54) is 17.5 Å². The molecule has 2 aromatic rings. The molecule has 2 fully saturated rings. The third kappa shape index (κ3) is 3.06. The van der Waals surface area contributed by atoms with Crippen molar-refractivity contribution in [1.82, 2.24) is 4.90 Å². The molecule has 2 saturated heterocycles. The van der Waals surface area contributed by atoms with Gasteiger partial charge in [0, 0.05) is 18.6 Å². The predicted molar refractivity (Wildman–Crippen MR) is 93.1 cm³/mol. The Morgan fingerprint density at radius 3 is 2.22 bits per heavy atom. The third-order valence-corrected chi connectivity index (χ3v) is 5.69. The minimum atomic E-state index is -0.197. The highest BCUT2D eigenvalue weighted by Crippen LogP contribution is 2.40. The summed E-state index contributed by atoms with van der Waals surface area (Å²) in [6.45, 7) is 0.977. The van der Waals surface area contributed by atoms with E-state index >= 15 is 0 Å². The van der Waals surface area contributed by atoms with Gasteiger partial charge in [-0.15, -0.1) is 0 Å². The summed E-state index contributed by atoms with van der Waals surface area (Å²) in [5.41, 5.74) is 2.71. The molecule has 120 valence electrons. The summed E-state index contributed by atoms with van der Waals surface area (Å²) in [5, 5.41) is 10.9. The monoisotopic (exact) mass is 307 g/mol. The topological polar surface area (TPSA) is 23.5 Å². The summed E-state index contributed by atoms with van der Waals surface area (Å²) in [6, 6.07) is 22.3. The van der Waals surface area contributed by atoms with Gasteiger partial charge in [-0.2, -0.15) is 0 Å². The van der Waals surface area contributed by atoms with Crippen molar-refractivity contribution in [3.63, 3.8) is 0 Å². The average Bonchev–Trinajstić information content (AvgIpc) is 2.90. The fraction of sp³-hybridized carbons (Fsp3) is 0.429. The molecule has 0 spiro atoms. The van der Waals surface area contributed by atoms with Gasteiger partial charge in [0.1, 0.15) is 0 Å². The zero-order valence-electron chi connectivity index (χ0n) is 13.5. The molecule has 2 aromatic carbocycles. The molecule has 0 unspecified atom stereocenters. The van der Waals surface area contributed by atoms with Gasteiger partial charge < -0.3 is 5.11 Å². The Balaban J connectivity index is 1.47. The minimum Gasteiger partial charge on any atom is -0.391 e. The van der Waals surface area contributed by atoms with E-state index in [0.717, 1.165) is 25.8 Å². The van der Waals surface area contributed by atoms with Crippen molar-refractivity contribution in [1.29, 1.82) is 0 Å².